The standard InChI is InChI=1S/C11H8BrClO2/c12-8-4-3-7(6-9(8)13)11(14)10-2-1-5-15-10/h2-4,6H,1,5H2. The van der Waals surface area contributed by atoms with Crippen LogP contribution in [0.15, 0.2) is 34.5 Å². The Bertz CT molecular complexity index is 440. The lowest BCUT2D eigenvalue weighted by molar-refractivity contribution is 0.0942. The average Bonchev–Trinajstić information content (AvgIpc) is 2.74. The first kappa shape index (κ1) is 10.7. The second-order valence-corrected chi connectivity index (χ2v) is 4.43. The van der Waals surface area contributed by atoms with Crippen molar-refractivity contribution in [3.63, 3.8) is 0 Å². The Labute approximate surface area is 101 Å². The second-order valence-electron chi connectivity index (χ2n) is 3.16. The molecule has 0 bridgehead atoms. The molecule has 15 heavy (non-hydrogen) atoms. The van der Waals surface area contributed by atoms with Crippen LogP contribution in [0.1, 0.15) is 16.8 Å². The molecule has 2 rings (SSSR count). The maximum absolute atomic E-state index is 11.8. The van der Waals surface area contributed by atoms with E-state index in [-0.39, 0.29) is 5.78 Å². The van der Waals surface area contributed by atoms with Crippen molar-refractivity contribution >= 4 is 33.3 Å². The molecule has 1 aromatic carbocycles. The number of allylic oxidation sites excluding steroid dienone is 1. The molecule has 0 amide bonds. The van der Waals surface area contributed by atoms with Crippen molar-refractivity contribution in [1.29, 1.82) is 0 Å². The molecule has 0 radical (unpaired) electrons. The van der Waals surface area contributed by atoms with Crippen molar-refractivity contribution in [2.75, 3.05) is 6.61 Å². The lowest BCUT2D eigenvalue weighted by Gasteiger charge is -2.04. The van der Waals surface area contributed by atoms with E-state index in [1.807, 2.05) is 0 Å². The summed E-state index contributed by atoms with van der Waals surface area (Å²) < 4.78 is 5.98. The van der Waals surface area contributed by atoms with Crippen LogP contribution < -0.4 is 0 Å². The highest BCUT2D eigenvalue weighted by Gasteiger charge is 2.17. The van der Waals surface area contributed by atoms with Crippen LogP contribution in [0.25, 0.3) is 0 Å². The Morgan fingerprint density at radius 3 is 2.87 bits per heavy atom. The zero-order valence-corrected chi connectivity index (χ0v) is 10.1. The van der Waals surface area contributed by atoms with Crippen molar-refractivity contribution in [2.45, 2.75) is 6.42 Å². The molecule has 4 heteroatoms. The summed E-state index contributed by atoms with van der Waals surface area (Å²) in [6.45, 7) is 0.589. The van der Waals surface area contributed by atoms with Crippen molar-refractivity contribution < 1.29 is 9.53 Å². The van der Waals surface area contributed by atoms with Crippen LogP contribution in [0.5, 0.6) is 0 Å². The van der Waals surface area contributed by atoms with Crippen LogP contribution in [-0.4, -0.2) is 12.4 Å². The van der Waals surface area contributed by atoms with E-state index >= 15 is 0 Å². The fourth-order valence-electron chi connectivity index (χ4n) is 1.36. The topological polar surface area (TPSA) is 26.3 Å². The molecular formula is C11H8BrClO2. The monoisotopic (exact) mass is 286 g/mol. The SMILES string of the molecule is O=C(C1=CCCO1)c1ccc(Br)c(Cl)c1. The van der Waals surface area contributed by atoms with Gasteiger partial charge in [-0.3, -0.25) is 4.79 Å². The number of Topliss-reactive ketones (excluding diaryl/α,β-unsaturated/α-hetero) is 1. The molecule has 0 aromatic heterocycles. The molecule has 1 aromatic rings. The average molecular weight is 288 g/mol. The third-order valence-electron chi connectivity index (χ3n) is 2.11. The minimum atomic E-state index is -0.109. The van der Waals surface area contributed by atoms with E-state index < -0.39 is 0 Å². The Kier molecular flexibility index (Phi) is 3.12. The fraction of sp³-hybridized carbons (Fsp3) is 0.182. The summed E-state index contributed by atoms with van der Waals surface area (Å²) in [6.07, 6.45) is 2.60. The van der Waals surface area contributed by atoms with Gasteiger partial charge in [0.25, 0.3) is 0 Å². The smallest absolute Gasteiger partial charge is 0.227 e. The first-order valence-electron chi connectivity index (χ1n) is 4.51. The number of benzene rings is 1. The van der Waals surface area contributed by atoms with Gasteiger partial charge in [-0.15, -0.1) is 0 Å². The molecule has 1 heterocycles. The van der Waals surface area contributed by atoms with E-state index in [2.05, 4.69) is 15.9 Å². The molecule has 0 spiro atoms. The number of hydrogen-bond acceptors (Lipinski definition) is 2. The van der Waals surface area contributed by atoms with E-state index in [9.17, 15) is 4.79 Å². The van der Waals surface area contributed by atoms with Gasteiger partial charge in [-0.05, 0) is 40.2 Å². The molecule has 0 N–H and O–H groups in total. The largest absolute Gasteiger partial charge is 0.489 e. The van der Waals surface area contributed by atoms with E-state index in [0.717, 1.165) is 10.9 Å². The number of ketones is 1. The van der Waals surface area contributed by atoms with Gasteiger partial charge in [0.1, 0.15) is 0 Å². The van der Waals surface area contributed by atoms with Gasteiger partial charge >= 0.3 is 0 Å². The maximum Gasteiger partial charge on any atom is 0.227 e. The van der Waals surface area contributed by atoms with Gasteiger partial charge in [0.2, 0.25) is 5.78 Å². The summed E-state index contributed by atoms with van der Waals surface area (Å²) >= 11 is 9.18. The molecule has 78 valence electrons. The van der Waals surface area contributed by atoms with Crippen molar-refractivity contribution in [3.8, 4) is 0 Å². The maximum atomic E-state index is 11.8. The van der Waals surface area contributed by atoms with E-state index in [1.54, 1.807) is 24.3 Å². The minimum Gasteiger partial charge on any atom is -0.489 e. The van der Waals surface area contributed by atoms with Gasteiger partial charge in [-0.1, -0.05) is 11.6 Å². The Balaban J connectivity index is 2.29. The second kappa shape index (κ2) is 4.37. The third kappa shape index (κ3) is 2.24. The molecular weight excluding hydrogens is 279 g/mol. The first-order valence-corrected chi connectivity index (χ1v) is 5.68. The number of halogens is 2. The lowest BCUT2D eigenvalue weighted by atomic mass is 10.1. The van der Waals surface area contributed by atoms with Gasteiger partial charge in [-0.25, -0.2) is 0 Å². The summed E-state index contributed by atoms with van der Waals surface area (Å²) in [5.74, 6) is 0.315. The normalized spacial score (nSPS) is 14.7. The Morgan fingerprint density at radius 2 is 2.27 bits per heavy atom. The number of carbonyl (C=O) groups is 1. The highest BCUT2D eigenvalue weighted by molar-refractivity contribution is 9.10. The molecule has 1 aliphatic heterocycles. The van der Waals surface area contributed by atoms with Gasteiger partial charge in [0, 0.05) is 16.5 Å². The molecule has 1 aliphatic rings. The van der Waals surface area contributed by atoms with E-state index in [4.69, 9.17) is 16.3 Å². The van der Waals surface area contributed by atoms with Crippen molar-refractivity contribution in [2.24, 2.45) is 0 Å². The van der Waals surface area contributed by atoms with Gasteiger partial charge < -0.3 is 4.74 Å². The summed E-state index contributed by atoms with van der Waals surface area (Å²) in [4.78, 5) is 11.8. The van der Waals surface area contributed by atoms with Crippen LogP contribution in [0.3, 0.4) is 0 Å². The number of hydrogen-bond donors (Lipinski definition) is 0. The predicted molar refractivity (Wildman–Crippen MR) is 62.1 cm³/mol. The highest BCUT2D eigenvalue weighted by Crippen LogP contribution is 2.25. The number of ether oxygens (including phenoxy) is 1. The molecule has 0 unspecified atom stereocenters. The third-order valence-corrected chi connectivity index (χ3v) is 3.34. The minimum absolute atomic E-state index is 0.109. The van der Waals surface area contributed by atoms with Crippen molar-refractivity contribution in [1.82, 2.24) is 0 Å². The Hall–Kier alpha value is -0.800. The zero-order chi connectivity index (χ0) is 10.8. The molecule has 0 aliphatic carbocycles. The van der Waals surface area contributed by atoms with Crippen LogP contribution in [0, 0.1) is 0 Å². The quantitative estimate of drug-likeness (QED) is 0.777. The molecule has 0 atom stereocenters. The van der Waals surface area contributed by atoms with Gasteiger partial charge in [0.15, 0.2) is 5.76 Å². The van der Waals surface area contributed by atoms with E-state index in [0.29, 0.717) is 23.0 Å². The molecule has 0 saturated carbocycles. The summed E-state index contributed by atoms with van der Waals surface area (Å²) in [7, 11) is 0. The van der Waals surface area contributed by atoms with Crippen LogP contribution >= 0.6 is 27.5 Å². The van der Waals surface area contributed by atoms with E-state index in [1.165, 1.54) is 0 Å². The summed E-state index contributed by atoms with van der Waals surface area (Å²) in [5, 5.41) is 0.527. The van der Waals surface area contributed by atoms with Crippen LogP contribution in [-0.2, 0) is 4.74 Å². The van der Waals surface area contributed by atoms with Gasteiger partial charge in [0.05, 0.1) is 11.6 Å². The molecule has 0 fully saturated rings. The first-order chi connectivity index (χ1) is 7.18. The predicted octanol–water partition coefficient (Wildman–Crippen LogP) is 3.59. The highest BCUT2D eigenvalue weighted by atomic mass is 79.9. The molecule has 2 nitrogen and oxygen atoms in total. The number of rotatable bonds is 2. The van der Waals surface area contributed by atoms with Crippen molar-refractivity contribution in [3.05, 3.63) is 45.1 Å². The van der Waals surface area contributed by atoms with Crippen LogP contribution in [0.4, 0.5) is 0 Å². The fourth-order valence-corrected chi connectivity index (χ4v) is 1.78. The lowest BCUT2D eigenvalue weighted by Crippen LogP contribution is -2.03. The summed E-state index contributed by atoms with van der Waals surface area (Å²) in [6, 6.07) is 5.11. The molecule has 0 saturated heterocycles. The Morgan fingerprint density at radius 1 is 1.47 bits per heavy atom. The number of carbonyl (C=O) groups excluding carboxylic acids is 1. The zero-order valence-electron chi connectivity index (χ0n) is 7.80. The van der Waals surface area contributed by atoms with Crippen LogP contribution in [0.2, 0.25) is 5.02 Å². The summed E-state index contributed by atoms with van der Waals surface area (Å²) in [5.41, 5.74) is 0.552. The van der Waals surface area contributed by atoms with Gasteiger partial charge in [-0.2, -0.15) is 0 Å².